The lowest BCUT2D eigenvalue weighted by Crippen LogP contribution is -2.15. The van der Waals surface area contributed by atoms with Gasteiger partial charge in [-0.2, -0.15) is 18.2 Å². The zero-order valence-electron chi connectivity index (χ0n) is 10.7. The van der Waals surface area contributed by atoms with E-state index in [-0.39, 0.29) is 11.6 Å². The van der Waals surface area contributed by atoms with Gasteiger partial charge in [0.1, 0.15) is 11.6 Å². The molecule has 1 aromatic heterocycles. The lowest BCUT2D eigenvalue weighted by Gasteiger charge is -2.12. The van der Waals surface area contributed by atoms with E-state index in [0.717, 1.165) is 6.07 Å². The predicted molar refractivity (Wildman–Crippen MR) is 66.1 cm³/mol. The van der Waals surface area contributed by atoms with Crippen molar-refractivity contribution in [2.45, 2.75) is 13.1 Å². The van der Waals surface area contributed by atoms with E-state index >= 15 is 0 Å². The van der Waals surface area contributed by atoms with E-state index in [9.17, 15) is 17.6 Å². The van der Waals surface area contributed by atoms with Crippen molar-refractivity contribution in [2.24, 2.45) is 5.84 Å². The number of rotatable bonds is 3. The smallest absolute Gasteiger partial charge is 0.433 e. The van der Waals surface area contributed by atoms with Crippen LogP contribution in [0.3, 0.4) is 0 Å². The first-order valence-electron chi connectivity index (χ1n) is 5.66. The summed E-state index contributed by atoms with van der Waals surface area (Å²) in [6.07, 6.45) is -4.68. The number of nitrogens with zero attached hydrogens (tertiary/aromatic N) is 2. The van der Waals surface area contributed by atoms with Gasteiger partial charge in [-0.1, -0.05) is 0 Å². The molecular weight excluding hydrogens is 292 g/mol. The number of aromatic nitrogens is 2. The minimum absolute atomic E-state index is 0.172. The number of nitrogens with one attached hydrogen (secondary N) is 1. The average molecular weight is 302 g/mol. The molecule has 0 aliphatic carbocycles. The van der Waals surface area contributed by atoms with Gasteiger partial charge in [-0.25, -0.2) is 15.2 Å². The molecule has 0 radical (unpaired) electrons. The topological polar surface area (TPSA) is 73.1 Å². The number of ether oxygens (including phenoxy) is 1. The van der Waals surface area contributed by atoms with E-state index in [2.05, 4.69) is 9.97 Å². The van der Waals surface area contributed by atoms with Crippen LogP contribution in [0.4, 0.5) is 23.5 Å². The maximum absolute atomic E-state index is 13.0. The van der Waals surface area contributed by atoms with E-state index in [0.29, 0.717) is 11.6 Å². The maximum atomic E-state index is 13.0. The van der Waals surface area contributed by atoms with Crippen molar-refractivity contribution >= 4 is 5.95 Å². The first-order chi connectivity index (χ1) is 9.79. The highest BCUT2D eigenvalue weighted by molar-refractivity contribution is 5.38. The van der Waals surface area contributed by atoms with Gasteiger partial charge in [0, 0.05) is 6.07 Å². The van der Waals surface area contributed by atoms with Crippen LogP contribution < -0.4 is 16.0 Å². The molecule has 2 rings (SSSR count). The molecule has 0 bridgehead atoms. The van der Waals surface area contributed by atoms with Crippen molar-refractivity contribution in [3.8, 4) is 11.6 Å². The van der Waals surface area contributed by atoms with Gasteiger partial charge in [-0.05, 0) is 30.7 Å². The van der Waals surface area contributed by atoms with Gasteiger partial charge < -0.3 is 4.74 Å². The molecule has 21 heavy (non-hydrogen) atoms. The van der Waals surface area contributed by atoms with Gasteiger partial charge in [0.15, 0.2) is 5.69 Å². The molecule has 0 aliphatic heterocycles. The molecule has 112 valence electrons. The summed E-state index contributed by atoms with van der Waals surface area (Å²) >= 11 is 0. The summed E-state index contributed by atoms with van der Waals surface area (Å²) in [6.45, 7) is 1.55. The Morgan fingerprint density at radius 1 is 1.19 bits per heavy atom. The van der Waals surface area contributed by atoms with Gasteiger partial charge >= 0.3 is 6.18 Å². The van der Waals surface area contributed by atoms with Gasteiger partial charge in [0.25, 0.3) is 0 Å². The second kappa shape index (κ2) is 5.52. The van der Waals surface area contributed by atoms with Gasteiger partial charge in [0.05, 0.1) is 0 Å². The molecule has 2 aromatic rings. The number of halogens is 4. The quantitative estimate of drug-likeness (QED) is 0.518. The highest BCUT2D eigenvalue weighted by atomic mass is 19.4. The summed E-state index contributed by atoms with van der Waals surface area (Å²) in [4.78, 5) is 6.85. The molecule has 5 nitrogen and oxygen atoms in total. The molecule has 0 saturated heterocycles. The summed E-state index contributed by atoms with van der Waals surface area (Å²) in [5.74, 6) is 3.91. The number of anilines is 1. The molecule has 0 saturated carbocycles. The van der Waals surface area contributed by atoms with Gasteiger partial charge in [-0.3, -0.25) is 5.43 Å². The van der Waals surface area contributed by atoms with E-state index in [1.54, 1.807) is 6.92 Å². The monoisotopic (exact) mass is 302 g/mol. The Balaban J connectivity index is 2.39. The van der Waals surface area contributed by atoms with Crippen LogP contribution in [0.5, 0.6) is 11.6 Å². The number of hydrogen-bond acceptors (Lipinski definition) is 5. The predicted octanol–water partition coefficient (Wildman–Crippen LogP) is 3.02. The molecule has 0 aliphatic rings. The fraction of sp³-hybridized carbons (Fsp3) is 0.167. The molecule has 0 atom stereocenters. The third kappa shape index (κ3) is 3.57. The first kappa shape index (κ1) is 15.0. The number of nitrogens with two attached hydrogens (primary N) is 1. The maximum Gasteiger partial charge on any atom is 0.433 e. The van der Waals surface area contributed by atoms with Gasteiger partial charge in [0.2, 0.25) is 11.8 Å². The molecule has 0 amide bonds. The zero-order valence-corrected chi connectivity index (χ0v) is 10.7. The number of benzene rings is 1. The minimum Gasteiger partial charge on any atom is -0.439 e. The van der Waals surface area contributed by atoms with E-state index < -0.39 is 23.6 Å². The fourth-order valence-electron chi connectivity index (χ4n) is 1.53. The standard InChI is InChI=1S/C12H10F4N4O/c1-6-4-7(13)2-3-8(6)21-10-5-9(12(14,15)16)18-11(19-10)20-17/h2-5H,17H2,1H3,(H,18,19,20). The molecule has 1 aromatic carbocycles. The van der Waals surface area contributed by atoms with Crippen LogP contribution in [-0.2, 0) is 6.18 Å². The summed E-state index contributed by atoms with van der Waals surface area (Å²) in [6, 6.07) is 4.22. The molecule has 9 heteroatoms. The van der Waals surface area contributed by atoms with Crippen LogP contribution in [0.15, 0.2) is 24.3 Å². The number of hydrogen-bond donors (Lipinski definition) is 2. The highest BCUT2D eigenvalue weighted by Gasteiger charge is 2.34. The summed E-state index contributed by atoms with van der Waals surface area (Å²) < 4.78 is 56.3. The molecule has 3 N–H and O–H groups in total. The van der Waals surface area contributed by atoms with Crippen molar-refractivity contribution < 1.29 is 22.3 Å². The van der Waals surface area contributed by atoms with Crippen molar-refractivity contribution in [1.82, 2.24) is 9.97 Å². The Labute approximate surface area is 116 Å². The summed E-state index contributed by atoms with van der Waals surface area (Å²) in [7, 11) is 0. The van der Waals surface area contributed by atoms with E-state index in [4.69, 9.17) is 10.6 Å². The third-order valence-electron chi connectivity index (χ3n) is 2.47. The largest absolute Gasteiger partial charge is 0.439 e. The highest BCUT2D eigenvalue weighted by Crippen LogP contribution is 2.32. The molecule has 0 unspecified atom stereocenters. The Morgan fingerprint density at radius 3 is 2.48 bits per heavy atom. The van der Waals surface area contributed by atoms with Crippen LogP contribution in [0.25, 0.3) is 0 Å². The molecular formula is C12H10F4N4O. The van der Waals surface area contributed by atoms with Crippen molar-refractivity contribution in [3.05, 3.63) is 41.3 Å². The SMILES string of the molecule is Cc1cc(F)ccc1Oc1cc(C(F)(F)F)nc(NN)n1. The fourth-order valence-corrected chi connectivity index (χ4v) is 1.53. The molecule has 0 fully saturated rings. The zero-order chi connectivity index (χ0) is 15.6. The van der Waals surface area contributed by atoms with Crippen LogP contribution in [0.2, 0.25) is 0 Å². The number of hydrazine groups is 1. The minimum atomic E-state index is -4.68. The van der Waals surface area contributed by atoms with Crippen molar-refractivity contribution in [3.63, 3.8) is 0 Å². The van der Waals surface area contributed by atoms with Crippen LogP contribution in [0.1, 0.15) is 11.3 Å². The average Bonchev–Trinajstić information content (AvgIpc) is 2.40. The second-order valence-corrected chi connectivity index (χ2v) is 4.07. The third-order valence-corrected chi connectivity index (χ3v) is 2.47. The van der Waals surface area contributed by atoms with Gasteiger partial charge in [-0.15, -0.1) is 0 Å². The normalized spacial score (nSPS) is 11.3. The Morgan fingerprint density at radius 2 is 1.90 bits per heavy atom. The lowest BCUT2D eigenvalue weighted by atomic mass is 10.2. The molecule has 0 spiro atoms. The first-order valence-corrected chi connectivity index (χ1v) is 5.66. The Bertz CT molecular complexity index is 660. The summed E-state index contributed by atoms with van der Waals surface area (Å²) in [5.41, 5.74) is 1.13. The second-order valence-electron chi connectivity index (χ2n) is 4.07. The van der Waals surface area contributed by atoms with E-state index in [1.807, 2.05) is 5.43 Å². The molecule has 1 heterocycles. The van der Waals surface area contributed by atoms with Crippen LogP contribution in [-0.4, -0.2) is 9.97 Å². The van der Waals surface area contributed by atoms with Crippen LogP contribution >= 0.6 is 0 Å². The Hall–Kier alpha value is -2.42. The van der Waals surface area contributed by atoms with Crippen LogP contribution in [0, 0.1) is 12.7 Å². The number of nitrogen functional groups attached to an aromatic ring is 1. The van der Waals surface area contributed by atoms with Crippen molar-refractivity contribution in [1.29, 1.82) is 0 Å². The lowest BCUT2D eigenvalue weighted by molar-refractivity contribution is -0.141. The number of alkyl halides is 3. The van der Waals surface area contributed by atoms with Crippen molar-refractivity contribution in [2.75, 3.05) is 5.43 Å². The number of aryl methyl sites for hydroxylation is 1. The summed E-state index contributed by atoms with van der Waals surface area (Å²) in [5, 5.41) is 0. The van der Waals surface area contributed by atoms with E-state index in [1.165, 1.54) is 12.1 Å². The Kier molecular flexibility index (Phi) is 3.94.